The lowest BCUT2D eigenvalue weighted by Gasteiger charge is -2.32. The summed E-state index contributed by atoms with van der Waals surface area (Å²) < 4.78 is 0. The molecule has 1 N–H and O–H groups in total. The summed E-state index contributed by atoms with van der Waals surface area (Å²) in [7, 11) is 0. The van der Waals surface area contributed by atoms with E-state index in [1.165, 1.54) is 16.8 Å². The molecule has 24 heavy (non-hydrogen) atoms. The van der Waals surface area contributed by atoms with Crippen molar-refractivity contribution in [3.63, 3.8) is 0 Å². The Bertz CT molecular complexity index is 743. The lowest BCUT2D eigenvalue weighted by Crippen LogP contribution is -2.44. The van der Waals surface area contributed by atoms with Crippen LogP contribution in [-0.4, -0.2) is 32.1 Å². The third-order valence-corrected chi connectivity index (χ3v) is 4.94. The molecule has 4 rings (SSSR count). The maximum Gasteiger partial charge on any atom is 0.246 e. The SMILES string of the molecule is O=C(CN1CCNCc2ccccc21)N1CCCc2ccccc21. The van der Waals surface area contributed by atoms with E-state index in [1.54, 1.807) is 0 Å². The van der Waals surface area contributed by atoms with Gasteiger partial charge in [-0.05, 0) is 36.1 Å². The van der Waals surface area contributed by atoms with Crippen LogP contribution in [0.3, 0.4) is 0 Å². The summed E-state index contributed by atoms with van der Waals surface area (Å²) in [4.78, 5) is 17.2. The number of nitrogens with zero attached hydrogens (tertiary/aromatic N) is 2. The molecule has 0 radical (unpaired) electrons. The Morgan fingerprint density at radius 3 is 2.58 bits per heavy atom. The van der Waals surface area contributed by atoms with Gasteiger partial charge < -0.3 is 15.1 Å². The van der Waals surface area contributed by atoms with Crippen molar-refractivity contribution in [1.29, 1.82) is 0 Å². The quantitative estimate of drug-likeness (QED) is 0.923. The van der Waals surface area contributed by atoms with Gasteiger partial charge in [-0.15, -0.1) is 0 Å². The van der Waals surface area contributed by atoms with Crippen LogP contribution >= 0.6 is 0 Å². The standard InChI is InChI=1S/C20H23N3O/c24-20(23-12-5-8-16-6-1-4-10-19(16)23)15-22-13-11-21-14-17-7-2-3-9-18(17)22/h1-4,6-7,9-10,21H,5,8,11-15H2. The number of para-hydroxylation sites is 2. The average Bonchev–Trinajstić information content (AvgIpc) is 2.84. The van der Waals surface area contributed by atoms with Crippen molar-refractivity contribution in [1.82, 2.24) is 5.32 Å². The zero-order valence-electron chi connectivity index (χ0n) is 13.9. The van der Waals surface area contributed by atoms with Crippen LogP contribution in [0.2, 0.25) is 0 Å². The van der Waals surface area contributed by atoms with E-state index < -0.39 is 0 Å². The average molecular weight is 321 g/mol. The molecule has 0 bridgehead atoms. The number of benzene rings is 2. The van der Waals surface area contributed by atoms with Crippen molar-refractivity contribution < 1.29 is 4.79 Å². The molecule has 0 spiro atoms. The van der Waals surface area contributed by atoms with E-state index in [0.717, 1.165) is 44.7 Å². The molecule has 0 fully saturated rings. The minimum atomic E-state index is 0.193. The normalized spacial score (nSPS) is 17.0. The number of carbonyl (C=O) groups is 1. The molecule has 4 nitrogen and oxygen atoms in total. The first-order valence-electron chi connectivity index (χ1n) is 8.75. The van der Waals surface area contributed by atoms with Crippen LogP contribution in [0, 0.1) is 0 Å². The van der Waals surface area contributed by atoms with Gasteiger partial charge in [0.15, 0.2) is 0 Å². The summed E-state index contributed by atoms with van der Waals surface area (Å²) in [5, 5.41) is 3.44. The number of fused-ring (bicyclic) bond motifs is 2. The van der Waals surface area contributed by atoms with Crippen LogP contribution in [0.4, 0.5) is 11.4 Å². The van der Waals surface area contributed by atoms with E-state index in [9.17, 15) is 4.79 Å². The van der Waals surface area contributed by atoms with E-state index >= 15 is 0 Å². The van der Waals surface area contributed by atoms with Crippen LogP contribution in [0.1, 0.15) is 17.5 Å². The van der Waals surface area contributed by atoms with Gasteiger partial charge in [-0.3, -0.25) is 4.79 Å². The van der Waals surface area contributed by atoms with E-state index in [-0.39, 0.29) is 5.91 Å². The topological polar surface area (TPSA) is 35.6 Å². The van der Waals surface area contributed by atoms with Crippen LogP contribution in [0.25, 0.3) is 0 Å². The van der Waals surface area contributed by atoms with Gasteiger partial charge in [0.25, 0.3) is 0 Å². The van der Waals surface area contributed by atoms with Gasteiger partial charge in [0.05, 0.1) is 6.54 Å². The number of aryl methyl sites for hydroxylation is 1. The number of hydrogen-bond acceptors (Lipinski definition) is 3. The fraction of sp³-hybridized carbons (Fsp3) is 0.350. The highest BCUT2D eigenvalue weighted by Crippen LogP contribution is 2.28. The van der Waals surface area contributed by atoms with Crippen LogP contribution in [-0.2, 0) is 17.8 Å². The van der Waals surface area contributed by atoms with E-state index in [2.05, 4.69) is 52.7 Å². The highest BCUT2D eigenvalue weighted by Gasteiger charge is 2.25. The van der Waals surface area contributed by atoms with Gasteiger partial charge in [0.2, 0.25) is 5.91 Å². The Morgan fingerprint density at radius 1 is 0.958 bits per heavy atom. The molecule has 2 heterocycles. The molecule has 124 valence electrons. The van der Waals surface area contributed by atoms with Gasteiger partial charge in [-0.1, -0.05) is 36.4 Å². The second kappa shape index (κ2) is 6.65. The fourth-order valence-electron chi connectivity index (χ4n) is 3.73. The number of anilines is 2. The largest absolute Gasteiger partial charge is 0.361 e. The summed E-state index contributed by atoms with van der Waals surface area (Å²) in [6.45, 7) is 3.89. The first-order valence-corrected chi connectivity index (χ1v) is 8.75. The maximum absolute atomic E-state index is 13.0. The molecule has 0 aliphatic carbocycles. The number of carbonyl (C=O) groups excluding carboxylic acids is 1. The first-order chi connectivity index (χ1) is 11.8. The minimum absolute atomic E-state index is 0.193. The second-order valence-electron chi connectivity index (χ2n) is 6.50. The molecule has 2 aliphatic heterocycles. The first kappa shape index (κ1) is 15.2. The van der Waals surface area contributed by atoms with E-state index in [0.29, 0.717) is 6.54 Å². The summed E-state index contributed by atoms with van der Waals surface area (Å²) in [6.07, 6.45) is 2.11. The van der Waals surface area contributed by atoms with Gasteiger partial charge in [0, 0.05) is 37.6 Å². The maximum atomic E-state index is 13.0. The molecule has 0 aromatic heterocycles. The molecular weight excluding hydrogens is 298 g/mol. The van der Waals surface area contributed by atoms with Gasteiger partial charge in [-0.25, -0.2) is 0 Å². The Hall–Kier alpha value is -2.33. The van der Waals surface area contributed by atoms with E-state index in [1.807, 2.05) is 11.0 Å². The number of nitrogens with one attached hydrogen (secondary N) is 1. The fourth-order valence-corrected chi connectivity index (χ4v) is 3.73. The molecule has 0 saturated heterocycles. The highest BCUT2D eigenvalue weighted by atomic mass is 16.2. The summed E-state index contributed by atoms with van der Waals surface area (Å²) >= 11 is 0. The molecular formula is C20H23N3O. The molecule has 1 amide bonds. The summed E-state index contributed by atoms with van der Waals surface area (Å²) in [5.41, 5.74) is 4.83. The zero-order valence-corrected chi connectivity index (χ0v) is 13.9. The van der Waals surface area contributed by atoms with Crippen molar-refractivity contribution in [3.05, 3.63) is 59.7 Å². The third-order valence-electron chi connectivity index (χ3n) is 4.94. The third kappa shape index (κ3) is 2.89. The molecule has 2 aromatic rings. The van der Waals surface area contributed by atoms with Crippen LogP contribution < -0.4 is 15.1 Å². The van der Waals surface area contributed by atoms with Gasteiger partial charge >= 0.3 is 0 Å². The highest BCUT2D eigenvalue weighted by molar-refractivity contribution is 5.97. The van der Waals surface area contributed by atoms with Crippen molar-refractivity contribution >= 4 is 17.3 Å². The van der Waals surface area contributed by atoms with Crippen LogP contribution in [0.5, 0.6) is 0 Å². The molecule has 0 unspecified atom stereocenters. The Balaban J connectivity index is 1.57. The van der Waals surface area contributed by atoms with Crippen LogP contribution in [0.15, 0.2) is 48.5 Å². The molecule has 2 aliphatic rings. The van der Waals surface area contributed by atoms with Crippen molar-refractivity contribution in [2.75, 3.05) is 36.0 Å². The molecule has 0 saturated carbocycles. The zero-order chi connectivity index (χ0) is 16.4. The molecule has 2 aromatic carbocycles. The van der Waals surface area contributed by atoms with Gasteiger partial charge in [0.1, 0.15) is 0 Å². The Morgan fingerprint density at radius 2 is 1.71 bits per heavy atom. The smallest absolute Gasteiger partial charge is 0.246 e. The van der Waals surface area contributed by atoms with Gasteiger partial charge in [-0.2, -0.15) is 0 Å². The number of rotatable bonds is 2. The molecule has 0 atom stereocenters. The lowest BCUT2D eigenvalue weighted by molar-refractivity contribution is -0.117. The second-order valence-corrected chi connectivity index (χ2v) is 6.50. The summed E-state index contributed by atoms with van der Waals surface area (Å²) in [6, 6.07) is 16.7. The Kier molecular flexibility index (Phi) is 4.22. The number of hydrogen-bond donors (Lipinski definition) is 1. The number of amides is 1. The van der Waals surface area contributed by atoms with Crippen molar-refractivity contribution in [2.45, 2.75) is 19.4 Å². The van der Waals surface area contributed by atoms with Crippen molar-refractivity contribution in [3.8, 4) is 0 Å². The minimum Gasteiger partial charge on any atom is -0.361 e. The van der Waals surface area contributed by atoms with E-state index in [4.69, 9.17) is 0 Å². The monoisotopic (exact) mass is 321 g/mol. The summed E-state index contributed by atoms with van der Waals surface area (Å²) in [5.74, 6) is 0.193. The molecule has 4 heteroatoms. The lowest BCUT2D eigenvalue weighted by atomic mass is 10.0. The predicted molar refractivity (Wildman–Crippen MR) is 97.5 cm³/mol. The predicted octanol–water partition coefficient (Wildman–Crippen LogP) is 2.58. The Labute approximate surface area is 143 Å². The van der Waals surface area contributed by atoms with Crippen molar-refractivity contribution in [2.24, 2.45) is 0 Å².